The Bertz CT molecular complexity index is 294. The molecule has 0 amide bonds. The molecular formula is C6H10NO3P. The van der Waals surface area contributed by atoms with Crippen molar-refractivity contribution in [1.29, 1.82) is 0 Å². The van der Waals surface area contributed by atoms with E-state index in [4.69, 9.17) is 9.31 Å². The minimum absolute atomic E-state index is 0.0949. The molecule has 0 aliphatic heterocycles. The van der Waals surface area contributed by atoms with Gasteiger partial charge in [-0.3, -0.25) is 4.57 Å². The first kappa shape index (κ1) is 8.53. The van der Waals surface area contributed by atoms with Crippen LogP contribution in [0.25, 0.3) is 0 Å². The van der Waals surface area contributed by atoms with Crippen LogP contribution in [0.1, 0.15) is 5.76 Å². The molecule has 0 fully saturated rings. The van der Waals surface area contributed by atoms with Crippen LogP contribution in [0.5, 0.6) is 0 Å². The van der Waals surface area contributed by atoms with Crippen molar-refractivity contribution in [2.24, 2.45) is 0 Å². The fourth-order valence-electron chi connectivity index (χ4n) is 0.695. The molecule has 0 spiro atoms. The molecule has 0 bridgehead atoms. The molecule has 1 unspecified atom stereocenters. The smallest absolute Gasteiger partial charge is 0.331 e. The van der Waals surface area contributed by atoms with Crippen molar-refractivity contribution in [3.05, 3.63) is 17.9 Å². The predicted molar refractivity (Wildman–Crippen MR) is 42.0 cm³/mol. The molecule has 0 aliphatic carbocycles. The molecule has 62 valence electrons. The highest BCUT2D eigenvalue weighted by Crippen LogP contribution is 2.33. The molecule has 1 atom stereocenters. The van der Waals surface area contributed by atoms with Crippen LogP contribution in [-0.4, -0.2) is 11.9 Å². The molecule has 0 radical (unpaired) electrons. The predicted octanol–water partition coefficient (Wildman–Crippen LogP) is 0.618. The maximum absolute atomic E-state index is 11.1. The Hall–Kier alpha value is -0.570. The second-order valence-corrected chi connectivity index (χ2v) is 4.22. The number of rotatable bonds is 2. The Morgan fingerprint density at radius 3 is 2.64 bits per heavy atom. The molecule has 1 heterocycles. The van der Waals surface area contributed by atoms with E-state index in [2.05, 4.69) is 5.09 Å². The van der Waals surface area contributed by atoms with E-state index in [0.29, 0.717) is 5.76 Å². The van der Waals surface area contributed by atoms with E-state index in [9.17, 15) is 4.57 Å². The van der Waals surface area contributed by atoms with Crippen molar-refractivity contribution in [2.45, 2.75) is 6.92 Å². The van der Waals surface area contributed by atoms with Crippen LogP contribution in [0.2, 0.25) is 0 Å². The van der Waals surface area contributed by atoms with Crippen molar-refractivity contribution in [3.63, 3.8) is 0 Å². The third-order valence-corrected chi connectivity index (χ3v) is 2.77. The number of hydrogen-bond donors (Lipinski definition) is 2. The maximum atomic E-state index is 11.1. The van der Waals surface area contributed by atoms with Crippen LogP contribution in [0.3, 0.4) is 0 Å². The zero-order valence-corrected chi connectivity index (χ0v) is 7.26. The number of hydrogen-bond acceptors (Lipinski definition) is 2. The van der Waals surface area contributed by atoms with Crippen molar-refractivity contribution in [3.8, 4) is 0 Å². The van der Waals surface area contributed by atoms with Crippen LogP contribution in [-0.2, 0) is 4.57 Å². The summed E-state index contributed by atoms with van der Waals surface area (Å²) in [5.74, 6) is 0.629. The van der Waals surface area contributed by atoms with E-state index in [-0.39, 0.29) is 5.50 Å². The van der Waals surface area contributed by atoms with Gasteiger partial charge in [0.15, 0.2) is 0 Å². The first-order chi connectivity index (χ1) is 5.06. The lowest BCUT2D eigenvalue weighted by Crippen LogP contribution is -2.12. The van der Waals surface area contributed by atoms with Crippen molar-refractivity contribution >= 4 is 13.0 Å². The van der Waals surface area contributed by atoms with Crippen molar-refractivity contribution in [2.75, 3.05) is 7.05 Å². The third-order valence-electron chi connectivity index (χ3n) is 1.33. The zero-order valence-electron chi connectivity index (χ0n) is 6.37. The van der Waals surface area contributed by atoms with Gasteiger partial charge in [0.1, 0.15) is 5.76 Å². The molecule has 1 aromatic heterocycles. The van der Waals surface area contributed by atoms with E-state index in [1.165, 1.54) is 13.1 Å². The topological polar surface area (TPSA) is 62.5 Å². The molecule has 0 saturated carbocycles. The molecule has 0 aliphatic rings. The summed E-state index contributed by atoms with van der Waals surface area (Å²) in [6.45, 7) is 1.72. The first-order valence-corrected chi connectivity index (χ1v) is 4.81. The van der Waals surface area contributed by atoms with Gasteiger partial charge in [0, 0.05) is 0 Å². The molecule has 5 heteroatoms. The molecule has 2 N–H and O–H groups in total. The second-order valence-electron chi connectivity index (χ2n) is 2.18. The van der Waals surface area contributed by atoms with Gasteiger partial charge < -0.3 is 9.31 Å². The summed E-state index contributed by atoms with van der Waals surface area (Å²) in [6.07, 6.45) is 0. The van der Waals surface area contributed by atoms with Gasteiger partial charge in [-0.15, -0.1) is 0 Å². The van der Waals surface area contributed by atoms with Gasteiger partial charge in [-0.05, 0) is 26.1 Å². The van der Waals surface area contributed by atoms with E-state index in [1.807, 2.05) is 0 Å². The average Bonchev–Trinajstić information content (AvgIpc) is 2.36. The maximum Gasteiger partial charge on any atom is 0.331 e. The van der Waals surface area contributed by atoms with Gasteiger partial charge in [-0.2, -0.15) is 0 Å². The van der Waals surface area contributed by atoms with Gasteiger partial charge in [-0.1, -0.05) is 0 Å². The Kier molecular flexibility index (Phi) is 2.18. The molecule has 0 saturated heterocycles. The average molecular weight is 175 g/mol. The zero-order chi connectivity index (χ0) is 8.48. The van der Waals surface area contributed by atoms with E-state index in [0.717, 1.165) is 0 Å². The lowest BCUT2D eigenvalue weighted by atomic mass is 10.5. The summed E-state index contributed by atoms with van der Waals surface area (Å²) in [6, 6.07) is 3.14. The standard InChI is InChI=1S/C6H10NO3P/c1-5-3-4-6(10-5)11(8,9)7-2/h3-4H,1-2H3,(H2,7,8,9). The van der Waals surface area contributed by atoms with Crippen LogP contribution < -0.4 is 10.6 Å². The van der Waals surface area contributed by atoms with E-state index < -0.39 is 7.52 Å². The minimum atomic E-state index is -3.42. The Morgan fingerprint density at radius 1 is 1.64 bits per heavy atom. The highest BCUT2D eigenvalue weighted by molar-refractivity contribution is 7.63. The molecule has 0 aromatic carbocycles. The summed E-state index contributed by atoms with van der Waals surface area (Å²) < 4.78 is 16.1. The van der Waals surface area contributed by atoms with Crippen LogP contribution in [0.4, 0.5) is 0 Å². The Balaban J connectivity index is 3.02. The van der Waals surface area contributed by atoms with E-state index >= 15 is 0 Å². The lowest BCUT2D eigenvalue weighted by molar-refractivity contribution is 0.462. The lowest BCUT2D eigenvalue weighted by Gasteiger charge is -2.04. The molecule has 1 aromatic rings. The highest BCUT2D eigenvalue weighted by Gasteiger charge is 2.22. The van der Waals surface area contributed by atoms with Crippen LogP contribution in [0, 0.1) is 6.92 Å². The summed E-state index contributed by atoms with van der Waals surface area (Å²) in [4.78, 5) is 9.16. The van der Waals surface area contributed by atoms with Gasteiger partial charge >= 0.3 is 7.52 Å². The van der Waals surface area contributed by atoms with Crippen molar-refractivity contribution in [1.82, 2.24) is 5.09 Å². The minimum Gasteiger partial charge on any atom is -0.455 e. The second kappa shape index (κ2) is 2.81. The summed E-state index contributed by atoms with van der Waals surface area (Å²) in [5.41, 5.74) is 0.0949. The van der Waals surface area contributed by atoms with Gasteiger partial charge in [0.05, 0.1) is 0 Å². The highest BCUT2D eigenvalue weighted by atomic mass is 31.2. The third kappa shape index (κ3) is 1.71. The fraction of sp³-hybridized carbons (Fsp3) is 0.333. The van der Waals surface area contributed by atoms with Gasteiger partial charge in [0.25, 0.3) is 0 Å². The van der Waals surface area contributed by atoms with E-state index in [1.54, 1.807) is 13.0 Å². The van der Waals surface area contributed by atoms with Crippen LogP contribution >= 0.6 is 7.52 Å². The van der Waals surface area contributed by atoms with Crippen molar-refractivity contribution < 1.29 is 13.9 Å². The number of furan rings is 1. The van der Waals surface area contributed by atoms with Crippen LogP contribution in [0.15, 0.2) is 16.5 Å². The summed E-state index contributed by atoms with van der Waals surface area (Å²) >= 11 is 0. The van der Waals surface area contributed by atoms with Gasteiger partial charge in [-0.25, -0.2) is 5.09 Å². The first-order valence-electron chi connectivity index (χ1n) is 3.15. The Labute approximate surface area is 64.7 Å². The molecule has 11 heavy (non-hydrogen) atoms. The summed E-state index contributed by atoms with van der Waals surface area (Å²) in [5, 5.41) is 2.29. The van der Waals surface area contributed by atoms with Gasteiger partial charge in [0.2, 0.25) is 5.50 Å². The largest absolute Gasteiger partial charge is 0.455 e. The quantitative estimate of drug-likeness (QED) is 0.646. The molecule has 4 nitrogen and oxygen atoms in total. The molecular weight excluding hydrogens is 165 g/mol. The summed E-state index contributed by atoms with van der Waals surface area (Å²) in [7, 11) is -2.01. The number of aryl methyl sites for hydroxylation is 1. The number of nitrogens with one attached hydrogen (secondary N) is 1. The fourth-order valence-corrected chi connectivity index (χ4v) is 1.46. The monoisotopic (exact) mass is 175 g/mol. The SMILES string of the molecule is CNP(=O)(O)c1ccc(C)o1. The Morgan fingerprint density at radius 2 is 2.27 bits per heavy atom. The molecule has 1 rings (SSSR count). The normalized spacial score (nSPS) is 16.3.